The molecule has 2 rings (SSSR count). The van der Waals surface area contributed by atoms with Crippen LogP contribution >= 0.6 is 0 Å². The van der Waals surface area contributed by atoms with E-state index < -0.39 is 4.92 Å². The smallest absolute Gasteiger partial charge is 0.235 e. The van der Waals surface area contributed by atoms with E-state index in [4.69, 9.17) is 4.74 Å². The highest BCUT2D eigenvalue weighted by Gasteiger charge is 1.96. The molecule has 0 amide bonds. The van der Waals surface area contributed by atoms with E-state index in [0.29, 0.717) is 5.75 Å². The second kappa shape index (κ2) is 12.1. The summed E-state index contributed by atoms with van der Waals surface area (Å²) in [5.41, 5.74) is 0.757. The molecule has 0 aliphatic heterocycles. The molecule has 2 aromatic carbocycles. The van der Waals surface area contributed by atoms with Gasteiger partial charge in [-0.1, -0.05) is 58.0 Å². The van der Waals surface area contributed by atoms with Crippen LogP contribution in [-0.4, -0.2) is 4.92 Å². The van der Waals surface area contributed by atoms with E-state index in [-0.39, 0.29) is 0 Å². The van der Waals surface area contributed by atoms with E-state index in [1.807, 2.05) is 58.0 Å². The Balaban J connectivity index is 0.00000102. The summed E-state index contributed by atoms with van der Waals surface area (Å²) in [7, 11) is 0. The number of nitro groups is 1. The number of nitrogens with zero attached hydrogens (tertiary/aromatic N) is 1. The SMILES string of the molecule is CC.CC.O=[N+]([O-])/C=C/c1ccc(Oc2ccccc2)cc1. The van der Waals surface area contributed by atoms with Gasteiger partial charge in [0.15, 0.2) is 0 Å². The van der Waals surface area contributed by atoms with Crippen LogP contribution in [0.2, 0.25) is 0 Å². The first-order valence-corrected chi connectivity index (χ1v) is 7.39. The summed E-state index contributed by atoms with van der Waals surface area (Å²) >= 11 is 0. The number of rotatable bonds is 4. The molecule has 0 aliphatic carbocycles. The van der Waals surface area contributed by atoms with Crippen LogP contribution in [0.5, 0.6) is 11.5 Å². The van der Waals surface area contributed by atoms with Crippen molar-refractivity contribution >= 4 is 6.08 Å². The van der Waals surface area contributed by atoms with Crippen LogP contribution in [0.4, 0.5) is 0 Å². The summed E-state index contributed by atoms with van der Waals surface area (Å²) in [5, 5.41) is 10.2. The Morgan fingerprint density at radius 3 is 1.86 bits per heavy atom. The molecule has 0 bridgehead atoms. The van der Waals surface area contributed by atoms with Gasteiger partial charge in [0.1, 0.15) is 11.5 Å². The maximum Gasteiger partial charge on any atom is 0.235 e. The van der Waals surface area contributed by atoms with Crippen LogP contribution < -0.4 is 4.74 Å². The molecule has 0 aliphatic rings. The highest BCUT2D eigenvalue weighted by atomic mass is 16.6. The van der Waals surface area contributed by atoms with E-state index in [1.165, 1.54) is 6.08 Å². The third-order valence-electron chi connectivity index (χ3n) is 2.25. The van der Waals surface area contributed by atoms with Gasteiger partial charge in [0.05, 0.1) is 4.92 Å². The topological polar surface area (TPSA) is 52.4 Å². The Hall–Kier alpha value is -2.62. The number of hydrogen-bond donors (Lipinski definition) is 0. The highest BCUT2D eigenvalue weighted by molar-refractivity contribution is 5.49. The molecule has 0 N–H and O–H groups in total. The highest BCUT2D eigenvalue weighted by Crippen LogP contribution is 2.21. The van der Waals surface area contributed by atoms with Crippen LogP contribution in [0.15, 0.2) is 60.8 Å². The van der Waals surface area contributed by atoms with Crippen molar-refractivity contribution in [3.05, 3.63) is 76.5 Å². The lowest BCUT2D eigenvalue weighted by molar-refractivity contribution is -0.400. The fourth-order valence-electron chi connectivity index (χ4n) is 1.42. The number of benzene rings is 2. The van der Waals surface area contributed by atoms with Crippen LogP contribution in [0.1, 0.15) is 33.3 Å². The lowest BCUT2D eigenvalue weighted by Crippen LogP contribution is -1.84. The van der Waals surface area contributed by atoms with Crippen molar-refractivity contribution in [3.8, 4) is 11.5 Å². The Bertz CT molecular complexity index is 548. The van der Waals surface area contributed by atoms with Gasteiger partial charge < -0.3 is 4.74 Å². The molecule has 0 radical (unpaired) electrons. The lowest BCUT2D eigenvalue weighted by Gasteiger charge is -2.04. The van der Waals surface area contributed by atoms with Gasteiger partial charge in [-0.05, 0) is 29.8 Å². The maximum absolute atomic E-state index is 10.2. The Morgan fingerprint density at radius 2 is 1.36 bits per heavy atom. The summed E-state index contributed by atoms with van der Waals surface area (Å²) in [6.45, 7) is 8.00. The van der Waals surface area contributed by atoms with Gasteiger partial charge in [0.2, 0.25) is 6.20 Å². The van der Waals surface area contributed by atoms with Crippen molar-refractivity contribution < 1.29 is 9.66 Å². The predicted molar refractivity (Wildman–Crippen MR) is 91.7 cm³/mol. The summed E-state index contributed by atoms with van der Waals surface area (Å²) in [4.78, 5) is 9.68. The monoisotopic (exact) mass is 301 g/mol. The molecule has 0 fully saturated rings. The van der Waals surface area contributed by atoms with Crippen molar-refractivity contribution in [3.63, 3.8) is 0 Å². The van der Waals surface area contributed by atoms with Crippen molar-refractivity contribution in [2.75, 3.05) is 0 Å². The maximum atomic E-state index is 10.2. The Morgan fingerprint density at radius 1 is 0.864 bits per heavy atom. The van der Waals surface area contributed by atoms with E-state index in [0.717, 1.165) is 17.5 Å². The molecule has 0 heterocycles. The van der Waals surface area contributed by atoms with Gasteiger partial charge in [0, 0.05) is 6.08 Å². The second-order valence-electron chi connectivity index (χ2n) is 3.59. The zero-order valence-corrected chi connectivity index (χ0v) is 13.5. The first kappa shape index (κ1) is 19.4. The second-order valence-corrected chi connectivity index (χ2v) is 3.59. The Labute approximate surface area is 132 Å². The van der Waals surface area contributed by atoms with Crippen molar-refractivity contribution in [1.82, 2.24) is 0 Å². The zero-order chi connectivity index (χ0) is 16.8. The van der Waals surface area contributed by atoms with Crippen molar-refractivity contribution in [2.24, 2.45) is 0 Å². The standard InChI is InChI=1S/C14H11NO3.2C2H6/c16-15(17)11-10-12-6-8-14(9-7-12)18-13-4-2-1-3-5-13;2*1-2/h1-11H;2*1-2H3/b11-10+;;. The summed E-state index contributed by atoms with van der Waals surface area (Å²) in [6.07, 6.45) is 2.35. The molecule has 118 valence electrons. The molecule has 0 saturated heterocycles. The van der Waals surface area contributed by atoms with Gasteiger partial charge >= 0.3 is 0 Å². The predicted octanol–water partition coefficient (Wildman–Crippen LogP) is 5.78. The third-order valence-corrected chi connectivity index (χ3v) is 2.25. The minimum atomic E-state index is -0.492. The number of hydrogen-bond acceptors (Lipinski definition) is 3. The lowest BCUT2D eigenvalue weighted by atomic mass is 10.2. The molecular formula is C18H23NO3. The van der Waals surface area contributed by atoms with Crippen LogP contribution in [-0.2, 0) is 0 Å². The zero-order valence-electron chi connectivity index (χ0n) is 13.5. The molecule has 0 saturated carbocycles. The molecule has 4 heteroatoms. The number of para-hydroxylation sites is 1. The summed E-state index contributed by atoms with van der Waals surface area (Å²) in [5.74, 6) is 1.45. The molecule has 22 heavy (non-hydrogen) atoms. The van der Waals surface area contributed by atoms with Gasteiger partial charge in [0.25, 0.3) is 0 Å². The number of ether oxygens (including phenoxy) is 1. The van der Waals surface area contributed by atoms with Crippen LogP contribution in [0.3, 0.4) is 0 Å². The van der Waals surface area contributed by atoms with E-state index in [9.17, 15) is 10.1 Å². The minimum Gasteiger partial charge on any atom is -0.457 e. The average Bonchev–Trinajstić information content (AvgIpc) is 2.59. The normalized spacial score (nSPS) is 9.09. The van der Waals surface area contributed by atoms with Crippen LogP contribution in [0, 0.1) is 10.1 Å². The van der Waals surface area contributed by atoms with E-state index in [2.05, 4.69) is 0 Å². The molecule has 0 aromatic heterocycles. The third kappa shape index (κ3) is 7.85. The molecule has 0 spiro atoms. The van der Waals surface area contributed by atoms with E-state index >= 15 is 0 Å². The fraction of sp³-hybridized carbons (Fsp3) is 0.222. The van der Waals surface area contributed by atoms with Crippen molar-refractivity contribution in [2.45, 2.75) is 27.7 Å². The average molecular weight is 301 g/mol. The molecule has 4 nitrogen and oxygen atoms in total. The largest absolute Gasteiger partial charge is 0.457 e. The van der Waals surface area contributed by atoms with Gasteiger partial charge in [-0.2, -0.15) is 0 Å². The molecule has 0 atom stereocenters. The molecule has 2 aromatic rings. The minimum absolute atomic E-state index is 0.492. The molecule has 0 unspecified atom stereocenters. The summed E-state index contributed by atoms with van der Waals surface area (Å²) < 4.78 is 5.60. The Kier molecular flexibility index (Phi) is 10.7. The van der Waals surface area contributed by atoms with Gasteiger partial charge in [-0.3, -0.25) is 10.1 Å². The van der Waals surface area contributed by atoms with Crippen LogP contribution in [0.25, 0.3) is 6.08 Å². The quantitative estimate of drug-likeness (QED) is 0.531. The first-order valence-electron chi connectivity index (χ1n) is 7.39. The van der Waals surface area contributed by atoms with Gasteiger partial charge in [-0.25, -0.2) is 0 Å². The van der Waals surface area contributed by atoms with E-state index in [1.54, 1.807) is 24.3 Å². The first-order chi connectivity index (χ1) is 10.7. The fourth-order valence-corrected chi connectivity index (χ4v) is 1.42. The summed E-state index contributed by atoms with van der Waals surface area (Å²) in [6, 6.07) is 16.5. The van der Waals surface area contributed by atoms with Crippen molar-refractivity contribution in [1.29, 1.82) is 0 Å². The van der Waals surface area contributed by atoms with Gasteiger partial charge in [-0.15, -0.1) is 0 Å². The molecular weight excluding hydrogens is 278 g/mol.